The Morgan fingerprint density at radius 3 is 2.62 bits per heavy atom. The number of aliphatic hydroxyl groups excluding tert-OH is 1. The Bertz CT molecular complexity index is 713. The van der Waals surface area contributed by atoms with E-state index in [1.807, 2.05) is 0 Å². The van der Waals surface area contributed by atoms with Crippen molar-refractivity contribution in [2.45, 2.75) is 111 Å². The van der Waals surface area contributed by atoms with Crippen LogP contribution in [0, 0.1) is 46.3 Å². The van der Waals surface area contributed by atoms with E-state index in [2.05, 4.69) is 33.8 Å². The van der Waals surface area contributed by atoms with E-state index in [9.17, 15) is 9.90 Å². The largest absolute Gasteiger partial charge is 0.462 e. The maximum atomic E-state index is 11.5. The Balaban J connectivity index is 1.44. The van der Waals surface area contributed by atoms with Gasteiger partial charge in [-0.25, -0.2) is 0 Å². The topological polar surface area (TPSA) is 46.5 Å². The van der Waals surface area contributed by atoms with Crippen molar-refractivity contribution in [3.8, 4) is 0 Å². The molecule has 0 radical (unpaired) electrons. The summed E-state index contributed by atoms with van der Waals surface area (Å²) in [7, 11) is 0. The molecule has 1 N–H and O–H groups in total. The van der Waals surface area contributed by atoms with Gasteiger partial charge in [0.1, 0.15) is 6.10 Å². The lowest BCUT2D eigenvalue weighted by Crippen LogP contribution is -2.51. The third-order valence-electron chi connectivity index (χ3n) is 10.8. The highest BCUT2D eigenvalue weighted by Gasteiger charge is 2.59. The van der Waals surface area contributed by atoms with Crippen LogP contribution in [0.3, 0.4) is 0 Å². The lowest BCUT2D eigenvalue weighted by molar-refractivity contribution is -0.148. The van der Waals surface area contributed by atoms with Crippen LogP contribution in [0.5, 0.6) is 0 Å². The third-order valence-corrected chi connectivity index (χ3v) is 10.8. The highest BCUT2D eigenvalue weighted by atomic mass is 16.5. The first kappa shape index (κ1) is 24.3. The number of esters is 1. The van der Waals surface area contributed by atoms with Gasteiger partial charge in [-0.1, -0.05) is 52.2 Å². The van der Waals surface area contributed by atoms with Gasteiger partial charge in [0.2, 0.25) is 0 Å². The van der Waals surface area contributed by atoms with Crippen molar-refractivity contribution in [3.05, 3.63) is 11.6 Å². The van der Waals surface area contributed by atoms with Crippen LogP contribution in [0.25, 0.3) is 0 Å². The fraction of sp³-hybridized carbons (Fsp3) is 0.897. The van der Waals surface area contributed by atoms with Crippen LogP contribution in [0.1, 0.15) is 105 Å². The molecule has 0 aromatic carbocycles. The van der Waals surface area contributed by atoms with Crippen molar-refractivity contribution in [3.63, 3.8) is 0 Å². The molecule has 0 aliphatic heterocycles. The second-order valence-electron chi connectivity index (χ2n) is 12.7. The molecule has 32 heavy (non-hydrogen) atoms. The lowest BCUT2D eigenvalue weighted by atomic mass is 9.47. The van der Waals surface area contributed by atoms with Crippen LogP contribution in [0.15, 0.2) is 11.6 Å². The van der Waals surface area contributed by atoms with E-state index in [-0.39, 0.29) is 12.1 Å². The average molecular weight is 445 g/mol. The molecule has 0 aromatic rings. The summed E-state index contributed by atoms with van der Waals surface area (Å²) >= 11 is 0. The molecule has 9 atom stereocenters. The Labute approximate surface area is 196 Å². The number of ether oxygens (including phenoxy) is 1. The van der Waals surface area contributed by atoms with Gasteiger partial charge in [-0.3, -0.25) is 4.79 Å². The minimum absolute atomic E-state index is 0.0995. The molecule has 4 aliphatic carbocycles. The number of carbonyl (C=O) groups excluding carboxylic acids is 1. The summed E-state index contributed by atoms with van der Waals surface area (Å²) < 4.78 is 5.61. The standard InChI is InChI=1S/C29H48O3/c1-19(18-30)7-6-8-20(2)25-11-12-26-24-10-9-22-17-23(32-21(3)31)13-15-28(22,4)27(24)14-16-29(25,26)5/h9,19-20,23-27,30H,6-8,10-18H2,1-5H3/t19-,20+,23-,24-,25+,26-,27-,28-,29+/m0/s1. The first-order valence-electron chi connectivity index (χ1n) is 13.7. The molecule has 3 heteroatoms. The monoisotopic (exact) mass is 444 g/mol. The number of hydrogen-bond acceptors (Lipinski definition) is 3. The summed E-state index contributed by atoms with van der Waals surface area (Å²) in [6.07, 6.45) is 16.5. The predicted molar refractivity (Wildman–Crippen MR) is 130 cm³/mol. The van der Waals surface area contributed by atoms with Gasteiger partial charge in [0, 0.05) is 20.0 Å². The minimum atomic E-state index is -0.127. The summed E-state index contributed by atoms with van der Waals surface area (Å²) in [6, 6.07) is 0. The summed E-state index contributed by atoms with van der Waals surface area (Å²) in [4.78, 5) is 11.5. The van der Waals surface area contributed by atoms with Crippen molar-refractivity contribution < 1.29 is 14.6 Å². The van der Waals surface area contributed by atoms with E-state index in [1.54, 1.807) is 12.5 Å². The molecule has 0 aromatic heterocycles. The molecule has 0 amide bonds. The molecule has 0 saturated heterocycles. The summed E-state index contributed by atoms with van der Waals surface area (Å²) in [5.41, 5.74) is 2.44. The van der Waals surface area contributed by atoms with Gasteiger partial charge in [-0.2, -0.15) is 0 Å². The van der Waals surface area contributed by atoms with Crippen LogP contribution in [-0.2, 0) is 9.53 Å². The van der Waals surface area contributed by atoms with E-state index in [0.717, 1.165) is 42.4 Å². The Kier molecular flexibility index (Phi) is 7.16. The molecule has 3 saturated carbocycles. The van der Waals surface area contributed by atoms with Crippen molar-refractivity contribution in [1.82, 2.24) is 0 Å². The number of rotatable bonds is 7. The number of hydrogen-bond donors (Lipinski definition) is 1. The van der Waals surface area contributed by atoms with Gasteiger partial charge in [-0.15, -0.1) is 0 Å². The zero-order valence-electron chi connectivity index (χ0n) is 21.4. The van der Waals surface area contributed by atoms with Crippen molar-refractivity contribution >= 4 is 5.97 Å². The fourth-order valence-electron chi connectivity index (χ4n) is 9.02. The van der Waals surface area contributed by atoms with Crippen LogP contribution in [0.2, 0.25) is 0 Å². The first-order chi connectivity index (χ1) is 15.2. The van der Waals surface area contributed by atoms with E-state index >= 15 is 0 Å². The quantitative estimate of drug-likeness (QED) is 0.342. The smallest absolute Gasteiger partial charge is 0.302 e. The van der Waals surface area contributed by atoms with Gasteiger partial charge >= 0.3 is 5.97 Å². The zero-order chi connectivity index (χ0) is 23.1. The second-order valence-corrected chi connectivity index (χ2v) is 12.7. The normalized spacial score (nSPS) is 42.8. The minimum Gasteiger partial charge on any atom is -0.462 e. The molecule has 4 aliphatic rings. The average Bonchev–Trinajstić information content (AvgIpc) is 3.10. The van der Waals surface area contributed by atoms with Crippen LogP contribution >= 0.6 is 0 Å². The Morgan fingerprint density at radius 2 is 1.91 bits per heavy atom. The maximum absolute atomic E-state index is 11.5. The van der Waals surface area contributed by atoms with E-state index in [4.69, 9.17) is 4.74 Å². The summed E-state index contributed by atoms with van der Waals surface area (Å²) in [6.45, 7) is 11.8. The lowest BCUT2D eigenvalue weighted by Gasteiger charge is -2.58. The summed E-state index contributed by atoms with van der Waals surface area (Å²) in [5.74, 6) is 4.54. The van der Waals surface area contributed by atoms with Gasteiger partial charge in [0.25, 0.3) is 0 Å². The molecule has 0 bridgehead atoms. The number of carbonyl (C=O) groups is 1. The third kappa shape index (κ3) is 4.32. The van der Waals surface area contributed by atoms with E-state index in [1.165, 1.54) is 57.8 Å². The molecule has 0 unspecified atom stereocenters. The van der Waals surface area contributed by atoms with E-state index in [0.29, 0.717) is 23.4 Å². The predicted octanol–water partition coefficient (Wildman–Crippen LogP) is 6.93. The first-order valence-corrected chi connectivity index (χ1v) is 13.7. The summed E-state index contributed by atoms with van der Waals surface area (Å²) in [5, 5.41) is 9.35. The van der Waals surface area contributed by atoms with Crippen molar-refractivity contribution in [2.75, 3.05) is 6.61 Å². The maximum Gasteiger partial charge on any atom is 0.302 e. The molecule has 4 rings (SSSR count). The van der Waals surface area contributed by atoms with Crippen molar-refractivity contribution in [2.24, 2.45) is 46.3 Å². The zero-order valence-corrected chi connectivity index (χ0v) is 21.4. The highest BCUT2D eigenvalue weighted by Crippen LogP contribution is 2.67. The van der Waals surface area contributed by atoms with Crippen molar-refractivity contribution in [1.29, 1.82) is 0 Å². The Morgan fingerprint density at radius 1 is 1.12 bits per heavy atom. The molecular weight excluding hydrogens is 396 g/mol. The SMILES string of the molecule is CC(=O)O[C@H]1CC[C@@]2(C)C(=CC[C@H]3[C@@H]4CC[C@H]([C@H](C)CCC[C@H](C)CO)[C@@]4(C)CC[C@@H]32)C1. The molecule has 182 valence electrons. The second kappa shape index (κ2) is 9.43. The molecule has 0 heterocycles. The van der Waals surface area contributed by atoms with Gasteiger partial charge < -0.3 is 9.84 Å². The number of aliphatic hydroxyl groups is 1. The molecule has 3 nitrogen and oxygen atoms in total. The van der Waals surface area contributed by atoms with E-state index < -0.39 is 0 Å². The van der Waals surface area contributed by atoms with Crippen LogP contribution in [-0.4, -0.2) is 23.8 Å². The molecular formula is C29H48O3. The Hall–Kier alpha value is -0.830. The fourth-order valence-corrected chi connectivity index (χ4v) is 9.02. The van der Waals surface area contributed by atoms with Crippen LogP contribution < -0.4 is 0 Å². The number of allylic oxidation sites excluding steroid dienone is 1. The van der Waals surface area contributed by atoms with Gasteiger partial charge in [-0.05, 0) is 97.7 Å². The molecule has 3 fully saturated rings. The van der Waals surface area contributed by atoms with Gasteiger partial charge in [0.15, 0.2) is 0 Å². The van der Waals surface area contributed by atoms with Crippen LogP contribution in [0.4, 0.5) is 0 Å². The number of fused-ring (bicyclic) bond motifs is 5. The van der Waals surface area contributed by atoms with Gasteiger partial charge in [0.05, 0.1) is 0 Å². The highest BCUT2D eigenvalue weighted by molar-refractivity contribution is 5.66. The molecule has 0 spiro atoms.